The van der Waals surface area contributed by atoms with Crippen LogP contribution in [-0.2, 0) is 26.1 Å². The zero-order valence-electron chi connectivity index (χ0n) is 19.2. The van der Waals surface area contributed by atoms with Crippen molar-refractivity contribution in [3.8, 4) is 5.75 Å². The topological polar surface area (TPSA) is 42.8 Å². The molecule has 2 N–H and O–H groups in total. The van der Waals surface area contributed by atoms with E-state index in [4.69, 9.17) is 4.74 Å². The van der Waals surface area contributed by atoms with Crippen LogP contribution in [0.2, 0.25) is 0 Å². The van der Waals surface area contributed by atoms with Gasteiger partial charge in [-0.2, -0.15) is 0 Å². The van der Waals surface area contributed by atoms with Gasteiger partial charge in [0.2, 0.25) is 0 Å². The van der Waals surface area contributed by atoms with Gasteiger partial charge in [0, 0.05) is 28.8 Å². The average Bonchev–Trinajstić information content (AvgIpc) is 2.89. The highest BCUT2D eigenvalue weighted by molar-refractivity contribution is 6.04. The maximum absolute atomic E-state index is 12.7. The van der Waals surface area contributed by atoms with Crippen molar-refractivity contribution in [1.82, 2.24) is 0 Å². The van der Waals surface area contributed by atoms with Crippen molar-refractivity contribution in [2.45, 2.75) is 26.1 Å². The van der Waals surface area contributed by atoms with E-state index in [2.05, 4.69) is 41.7 Å². The molecule has 1 aliphatic rings. The predicted octanol–water partition coefficient (Wildman–Crippen LogP) is 4.66. The summed E-state index contributed by atoms with van der Waals surface area (Å²) in [5.41, 5.74) is 6.72. The van der Waals surface area contributed by atoms with Crippen molar-refractivity contribution in [2.75, 3.05) is 11.9 Å². The van der Waals surface area contributed by atoms with Crippen LogP contribution in [0.4, 0.5) is 5.69 Å². The van der Waals surface area contributed by atoms with Crippen molar-refractivity contribution in [3.05, 3.63) is 131 Å². The summed E-state index contributed by atoms with van der Waals surface area (Å²) in [6, 6.07) is 34.2. The molecule has 0 aromatic heterocycles. The molecule has 0 bridgehead atoms. The van der Waals surface area contributed by atoms with Gasteiger partial charge >= 0.3 is 0 Å². The molecule has 4 aromatic rings. The van der Waals surface area contributed by atoms with Crippen molar-refractivity contribution in [1.29, 1.82) is 0 Å². The number of carbonyl (C=O) groups excluding carboxylic acids is 1. The van der Waals surface area contributed by atoms with E-state index < -0.39 is 0 Å². The number of quaternary nitrogens is 1. The lowest BCUT2D eigenvalue weighted by Crippen LogP contribution is -3.10. The van der Waals surface area contributed by atoms with Crippen LogP contribution in [0, 0.1) is 0 Å². The van der Waals surface area contributed by atoms with Gasteiger partial charge in [-0.3, -0.25) is 4.79 Å². The second-order valence-electron chi connectivity index (χ2n) is 8.82. The fraction of sp³-hybridized carbons (Fsp3) is 0.167. The van der Waals surface area contributed by atoms with Crippen LogP contribution < -0.4 is 15.0 Å². The molecule has 4 aromatic carbocycles. The molecule has 170 valence electrons. The summed E-state index contributed by atoms with van der Waals surface area (Å²) in [6.45, 7) is 3.69. The van der Waals surface area contributed by atoms with E-state index in [9.17, 15) is 4.79 Å². The first-order valence-electron chi connectivity index (χ1n) is 11.8. The molecule has 1 heterocycles. The number of hydrogen-bond donors (Lipinski definition) is 2. The summed E-state index contributed by atoms with van der Waals surface area (Å²) in [7, 11) is 0. The van der Waals surface area contributed by atoms with Crippen LogP contribution >= 0.6 is 0 Å². The Bertz CT molecular complexity index is 1240. The number of amides is 1. The molecule has 0 aliphatic carbocycles. The molecule has 0 radical (unpaired) electrons. The van der Waals surface area contributed by atoms with E-state index in [1.807, 2.05) is 66.7 Å². The van der Waals surface area contributed by atoms with Gasteiger partial charge in [-0.15, -0.1) is 0 Å². The highest BCUT2D eigenvalue weighted by Gasteiger charge is 2.19. The average molecular weight is 450 g/mol. The predicted molar refractivity (Wildman–Crippen MR) is 135 cm³/mol. The van der Waals surface area contributed by atoms with Gasteiger partial charge < -0.3 is 15.0 Å². The summed E-state index contributed by atoms with van der Waals surface area (Å²) in [5.74, 6) is 0.665. The third-order valence-corrected chi connectivity index (χ3v) is 6.34. The van der Waals surface area contributed by atoms with Crippen molar-refractivity contribution >= 4 is 11.6 Å². The number of carbonyl (C=O) groups is 1. The molecule has 0 spiro atoms. The number of benzene rings is 4. The Labute approximate surface area is 200 Å². The zero-order chi connectivity index (χ0) is 23.2. The van der Waals surface area contributed by atoms with Gasteiger partial charge in [0.05, 0.1) is 6.54 Å². The van der Waals surface area contributed by atoms with Gasteiger partial charge in [0.15, 0.2) is 0 Å². The molecule has 1 unspecified atom stereocenters. The molecule has 5 rings (SSSR count). The highest BCUT2D eigenvalue weighted by atomic mass is 16.5. The molecule has 4 nitrogen and oxygen atoms in total. The van der Waals surface area contributed by atoms with Crippen LogP contribution in [0.3, 0.4) is 0 Å². The highest BCUT2D eigenvalue weighted by Crippen LogP contribution is 2.18. The minimum absolute atomic E-state index is 0.108. The molecule has 1 atom stereocenters. The number of fused-ring (bicyclic) bond motifs is 1. The summed E-state index contributed by atoms with van der Waals surface area (Å²) in [5, 5.41) is 2.97. The Morgan fingerprint density at radius 1 is 0.765 bits per heavy atom. The Hall–Kier alpha value is -3.89. The maximum atomic E-state index is 12.7. The first kappa shape index (κ1) is 21.9. The van der Waals surface area contributed by atoms with Gasteiger partial charge in [-0.05, 0) is 47.5 Å². The molecule has 0 saturated heterocycles. The Morgan fingerprint density at radius 3 is 2.24 bits per heavy atom. The lowest BCUT2D eigenvalue weighted by Gasteiger charge is -2.26. The number of ether oxygens (including phenoxy) is 1. The second-order valence-corrected chi connectivity index (χ2v) is 8.82. The Kier molecular flexibility index (Phi) is 6.68. The van der Waals surface area contributed by atoms with E-state index >= 15 is 0 Å². The fourth-order valence-electron chi connectivity index (χ4n) is 4.44. The molecular formula is C30H29N2O2+. The van der Waals surface area contributed by atoms with E-state index in [0.29, 0.717) is 12.2 Å². The van der Waals surface area contributed by atoms with Crippen LogP contribution in [-0.4, -0.2) is 12.5 Å². The number of hydrogen-bond acceptors (Lipinski definition) is 2. The number of rotatable bonds is 7. The van der Waals surface area contributed by atoms with Crippen LogP contribution in [0.15, 0.2) is 103 Å². The molecule has 34 heavy (non-hydrogen) atoms. The molecule has 1 amide bonds. The normalized spacial score (nSPS) is 14.8. The standard InChI is InChI=1S/C30H28N2O2/c33-30(31-28-14-16-29(17-15-28)34-22-24-6-2-1-3-7-24)26-12-10-23(11-13-26)20-32-19-18-25-8-4-5-9-27(25)21-32/h1-17H,18-22H2,(H,31,33)/p+1. The summed E-state index contributed by atoms with van der Waals surface area (Å²) in [4.78, 5) is 14.3. The maximum Gasteiger partial charge on any atom is 0.255 e. The summed E-state index contributed by atoms with van der Waals surface area (Å²) < 4.78 is 5.82. The van der Waals surface area contributed by atoms with Crippen molar-refractivity contribution < 1.29 is 14.4 Å². The van der Waals surface area contributed by atoms with Crippen molar-refractivity contribution in [3.63, 3.8) is 0 Å². The fourth-order valence-corrected chi connectivity index (χ4v) is 4.44. The van der Waals surface area contributed by atoms with Crippen molar-refractivity contribution in [2.24, 2.45) is 0 Å². The Morgan fingerprint density at radius 2 is 1.47 bits per heavy atom. The van der Waals surface area contributed by atoms with Crippen LogP contribution in [0.5, 0.6) is 5.75 Å². The number of anilines is 1. The van der Waals surface area contributed by atoms with E-state index in [1.54, 1.807) is 4.90 Å². The minimum Gasteiger partial charge on any atom is -0.489 e. The monoisotopic (exact) mass is 449 g/mol. The molecule has 4 heteroatoms. The first-order valence-corrected chi connectivity index (χ1v) is 11.8. The molecule has 0 fully saturated rings. The van der Waals surface area contributed by atoms with Gasteiger partial charge in [0.25, 0.3) is 5.91 Å². The second kappa shape index (κ2) is 10.4. The van der Waals surface area contributed by atoms with Gasteiger partial charge in [0.1, 0.15) is 25.4 Å². The van der Waals surface area contributed by atoms with Crippen LogP contribution in [0.25, 0.3) is 0 Å². The largest absolute Gasteiger partial charge is 0.489 e. The summed E-state index contributed by atoms with van der Waals surface area (Å²) in [6.07, 6.45) is 1.13. The van der Waals surface area contributed by atoms with E-state index in [-0.39, 0.29) is 5.91 Å². The lowest BCUT2D eigenvalue weighted by atomic mass is 9.99. The molecule has 1 aliphatic heterocycles. The third kappa shape index (κ3) is 5.53. The number of nitrogens with one attached hydrogen (secondary N) is 2. The first-order chi connectivity index (χ1) is 16.7. The van der Waals surface area contributed by atoms with Crippen LogP contribution in [0.1, 0.15) is 32.6 Å². The summed E-state index contributed by atoms with van der Waals surface area (Å²) >= 11 is 0. The minimum atomic E-state index is -0.108. The SMILES string of the molecule is O=C(Nc1ccc(OCc2ccccc2)cc1)c1ccc(C[NH+]2CCc3ccccc3C2)cc1. The lowest BCUT2D eigenvalue weighted by molar-refractivity contribution is -0.929. The van der Waals surface area contributed by atoms with E-state index in [0.717, 1.165) is 43.1 Å². The molecular weight excluding hydrogens is 420 g/mol. The van der Waals surface area contributed by atoms with Gasteiger partial charge in [-0.1, -0.05) is 66.7 Å². The zero-order valence-corrected chi connectivity index (χ0v) is 19.2. The smallest absolute Gasteiger partial charge is 0.255 e. The Balaban J connectivity index is 1.13. The third-order valence-electron chi connectivity index (χ3n) is 6.34. The van der Waals surface area contributed by atoms with Gasteiger partial charge in [-0.25, -0.2) is 0 Å². The van der Waals surface area contributed by atoms with E-state index in [1.165, 1.54) is 16.7 Å². The quantitative estimate of drug-likeness (QED) is 0.431. The molecule has 0 saturated carbocycles.